The average Bonchev–Trinajstić information content (AvgIpc) is 2.40. The van der Waals surface area contributed by atoms with Crippen molar-refractivity contribution in [3.8, 4) is 23.7 Å². The SMILES string of the molecule is C#Cc1cnc(-c2ccc(C=NN)cc2)nc1. The number of rotatable bonds is 2. The first-order chi connectivity index (χ1) is 8.33. The molecule has 0 saturated heterocycles. The summed E-state index contributed by atoms with van der Waals surface area (Å²) in [7, 11) is 0. The van der Waals surface area contributed by atoms with E-state index < -0.39 is 0 Å². The van der Waals surface area contributed by atoms with Crippen LogP contribution in [0.4, 0.5) is 0 Å². The molecule has 0 bridgehead atoms. The van der Waals surface area contributed by atoms with Crippen LogP contribution >= 0.6 is 0 Å². The molecule has 2 N–H and O–H groups in total. The highest BCUT2D eigenvalue weighted by atomic mass is 15.1. The van der Waals surface area contributed by atoms with E-state index in [1.807, 2.05) is 24.3 Å². The Bertz CT molecular complexity index is 562. The van der Waals surface area contributed by atoms with Gasteiger partial charge < -0.3 is 5.84 Å². The van der Waals surface area contributed by atoms with Crippen molar-refractivity contribution in [2.75, 3.05) is 0 Å². The highest BCUT2D eigenvalue weighted by Gasteiger charge is 2.00. The summed E-state index contributed by atoms with van der Waals surface area (Å²) in [5.74, 6) is 8.18. The molecule has 82 valence electrons. The first kappa shape index (κ1) is 10.8. The summed E-state index contributed by atoms with van der Waals surface area (Å²) >= 11 is 0. The summed E-state index contributed by atoms with van der Waals surface area (Å²) in [6, 6.07) is 7.60. The summed E-state index contributed by atoms with van der Waals surface area (Å²) in [6.45, 7) is 0. The molecule has 1 heterocycles. The highest BCUT2D eigenvalue weighted by Crippen LogP contribution is 2.14. The standard InChI is InChI=1S/C13H10N4/c1-2-10-7-15-13(16-8-10)12-5-3-11(4-6-12)9-17-14/h1,3-9H,14H2. The highest BCUT2D eigenvalue weighted by molar-refractivity contribution is 5.80. The molecule has 0 aliphatic rings. The van der Waals surface area contributed by atoms with Crippen LogP contribution in [-0.2, 0) is 0 Å². The first-order valence-corrected chi connectivity index (χ1v) is 4.96. The van der Waals surface area contributed by atoms with Gasteiger partial charge in [-0.05, 0) is 5.56 Å². The zero-order chi connectivity index (χ0) is 12.1. The predicted molar refractivity (Wildman–Crippen MR) is 67.2 cm³/mol. The van der Waals surface area contributed by atoms with E-state index in [9.17, 15) is 0 Å². The number of hydrogen-bond donors (Lipinski definition) is 1. The van der Waals surface area contributed by atoms with E-state index in [0.29, 0.717) is 11.4 Å². The van der Waals surface area contributed by atoms with E-state index in [4.69, 9.17) is 12.3 Å². The molecule has 0 spiro atoms. The molecule has 0 saturated carbocycles. The number of aromatic nitrogens is 2. The zero-order valence-electron chi connectivity index (χ0n) is 9.04. The Morgan fingerprint density at radius 3 is 2.35 bits per heavy atom. The van der Waals surface area contributed by atoms with Crippen molar-refractivity contribution in [2.45, 2.75) is 0 Å². The Kier molecular flexibility index (Phi) is 3.13. The fourth-order valence-corrected chi connectivity index (χ4v) is 1.36. The second kappa shape index (κ2) is 4.90. The molecule has 4 heteroatoms. The van der Waals surface area contributed by atoms with Gasteiger partial charge in [0.2, 0.25) is 0 Å². The van der Waals surface area contributed by atoms with Crippen LogP contribution in [0.2, 0.25) is 0 Å². The lowest BCUT2D eigenvalue weighted by molar-refractivity contribution is 1.16. The van der Waals surface area contributed by atoms with Gasteiger partial charge in [-0.15, -0.1) is 6.42 Å². The third kappa shape index (κ3) is 2.47. The van der Waals surface area contributed by atoms with Gasteiger partial charge in [0, 0.05) is 18.0 Å². The third-order valence-electron chi connectivity index (χ3n) is 2.21. The molecule has 1 aromatic heterocycles. The molecule has 0 atom stereocenters. The fraction of sp³-hybridized carbons (Fsp3) is 0. The summed E-state index contributed by atoms with van der Waals surface area (Å²) in [5.41, 5.74) is 2.51. The minimum Gasteiger partial charge on any atom is -0.323 e. The second-order valence-electron chi connectivity index (χ2n) is 3.34. The van der Waals surface area contributed by atoms with E-state index in [1.54, 1.807) is 18.6 Å². The van der Waals surface area contributed by atoms with E-state index in [2.05, 4.69) is 21.0 Å². The van der Waals surface area contributed by atoms with Crippen LogP contribution in [0.3, 0.4) is 0 Å². The number of benzene rings is 1. The van der Waals surface area contributed by atoms with Crippen LogP contribution in [0.1, 0.15) is 11.1 Å². The van der Waals surface area contributed by atoms with Gasteiger partial charge in [-0.3, -0.25) is 0 Å². The Morgan fingerprint density at radius 2 is 1.82 bits per heavy atom. The molecule has 1 aromatic carbocycles. The van der Waals surface area contributed by atoms with E-state index in [-0.39, 0.29) is 0 Å². The van der Waals surface area contributed by atoms with Crippen LogP contribution in [0.5, 0.6) is 0 Å². The van der Waals surface area contributed by atoms with Crippen LogP contribution in [0.15, 0.2) is 41.8 Å². The lowest BCUT2D eigenvalue weighted by Gasteiger charge is -2.00. The molecule has 2 aromatic rings. The van der Waals surface area contributed by atoms with Crippen LogP contribution in [0, 0.1) is 12.3 Å². The molecule has 0 radical (unpaired) electrons. The van der Waals surface area contributed by atoms with Crippen LogP contribution in [-0.4, -0.2) is 16.2 Å². The smallest absolute Gasteiger partial charge is 0.159 e. The van der Waals surface area contributed by atoms with Gasteiger partial charge in [0.1, 0.15) is 0 Å². The largest absolute Gasteiger partial charge is 0.323 e. The number of nitrogens with zero attached hydrogens (tertiary/aromatic N) is 3. The van der Waals surface area contributed by atoms with Gasteiger partial charge in [0.15, 0.2) is 5.82 Å². The summed E-state index contributed by atoms with van der Waals surface area (Å²) in [4.78, 5) is 8.37. The Morgan fingerprint density at radius 1 is 1.18 bits per heavy atom. The number of hydrogen-bond acceptors (Lipinski definition) is 4. The van der Waals surface area contributed by atoms with Gasteiger partial charge >= 0.3 is 0 Å². The molecule has 0 unspecified atom stereocenters. The summed E-state index contributed by atoms with van der Waals surface area (Å²) in [5, 5.41) is 3.45. The maximum absolute atomic E-state index is 5.24. The molecule has 2 rings (SSSR count). The van der Waals surface area contributed by atoms with Gasteiger partial charge in [-0.25, -0.2) is 9.97 Å². The van der Waals surface area contributed by atoms with Crippen LogP contribution in [0.25, 0.3) is 11.4 Å². The maximum Gasteiger partial charge on any atom is 0.159 e. The van der Waals surface area contributed by atoms with Crippen LogP contribution < -0.4 is 5.84 Å². The molecule has 0 aliphatic heterocycles. The second-order valence-corrected chi connectivity index (χ2v) is 3.34. The maximum atomic E-state index is 5.24. The quantitative estimate of drug-likeness (QED) is 0.361. The Balaban J connectivity index is 2.30. The molecular formula is C13H10N4. The van der Waals surface area contributed by atoms with Gasteiger partial charge in [-0.1, -0.05) is 30.2 Å². The summed E-state index contributed by atoms with van der Waals surface area (Å²) < 4.78 is 0. The minimum absolute atomic E-state index is 0.639. The topological polar surface area (TPSA) is 64.2 Å². The third-order valence-corrected chi connectivity index (χ3v) is 2.21. The average molecular weight is 222 g/mol. The van der Waals surface area contributed by atoms with Gasteiger partial charge in [0.25, 0.3) is 0 Å². The number of terminal acetylenes is 1. The molecule has 0 aliphatic carbocycles. The first-order valence-electron chi connectivity index (χ1n) is 4.96. The van der Waals surface area contributed by atoms with Crippen molar-refractivity contribution in [1.29, 1.82) is 0 Å². The predicted octanol–water partition coefficient (Wildman–Crippen LogP) is 1.42. The molecule has 0 fully saturated rings. The molecule has 0 amide bonds. The molecule has 17 heavy (non-hydrogen) atoms. The van der Waals surface area contributed by atoms with Gasteiger partial charge in [0.05, 0.1) is 11.8 Å². The van der Waals surface area contributed by atoms with Crippen molar-refractivity contribution in [3.63, 3.8) is 0 Å². The lowest BCUT2D eigenvalue weighted by Crippen LogP contribution is -1.91. The van der Waals surface area contributed by atoms with Crippen molar-refractivity contribution in [1.82, 2.24) is 9.97 Å². The van der Waals surface area contributed by atoms with E-state index >= 15 is 0 Å². The Hall–Kier alpha value is -2.67. The Labute approximate surface area is 99.2 Å². The zero-order valence-corrected chi connectivity index (χ0v) is 9.04. The number of nitrogens with two attached hydrogens (primary N) is 1. The van der Waals surface area contributed by atoms with Crippen molar-refractivity contribution < 1.29 is 0 Å². The van der Waals surface area contributed by atoms with Crippen molar-refractivity contribution in [3.05, 3.63) is 47.8 Å². The lowest BCUT2D eigenvalue weighted by atomic mass is 10.1. The summed E-state index contributed by atoms with van der Waals surface area (Å²) in [6.07, 6.45) is 10.1. The fourth-order valence-electron chi connectivity index (χ4n) is 1.36. The monoisotopic (exact) mass is 222 g/mol. The molecule has 4 nitrogen and oxygen atoms in total. The van der Waals surface area contributed by atoms with Gasteiger partial charge in [-0.2, -0.15) is 5.10 Å². The van der Waals surface area contributed by atoms with E-state index in [1.165, 1.54) is 0 Å². The normalized spacial score (nSPS) is 10.3. The molecular weight excluding hydrogens is 212 g/mol. The van der Waals surface area contributed by atoms with Crippen molar-refractivity contribution in [2.24, 2.45) is 10.9 Å². The minimum atomic E-state index is 0.639. The van der Waals surface area contributed by atoms with E-state index in [0.717, 1.165) is 11.1 Å². The number of hydrazone groups is 1. The van der Waals surface area contributed by atoms with Crippen molar-refractivity contribution >= 4 is 6.21 Å².